The zero-order valence-corrected chi connectivity index (χ0v) is 12.9. The highest BCUT2D eigenvalue weighted by atomic mass is 16.5. The summed E-state index contributed by atoms with van der Waals surface area (Å²) in [4.78, 5) is 7.81. The zero-order valence-electron chi connectivity index (χ0n) is 12.9. The predicted molar refractivity (Wildman–Crippen MR) is 85.5 cm³/mol. The van der Waals surface area contributed by atoms with Gasteiger partial charge >= 0.3 is 0 Å². The first kappa shape index (κ1) is 13.4. The normalized spacial score (nSPS) is 17.7. The van der Waals surface area contributed by atoms with Crippen molar-refractivity contribution in [1.82, 2.24) is 15.1 Å². The summed E-state index contributed by atoms with van der Waals surface area (Å²) in [5.41, 5.74) is 8.15. The Morgan fingerprint density at radius 1 is 1.36 bits per heavy atom. The van der Waals surface area contributed by atoms with Crippen LogP contribution >= 0.6 is 0 Å². The Morgan fingerprint density at radius 3 is 2.82 bits per heavy atom. The van der Waals surface area contributed by atoms with Crippen LogP contribution in [0.4, 0.5) is 5.82 Å². The Morgan fingerprint density at radius 2 is 2.14 bits per heavy atom. The molecule has 0 spiro atoms. The number of rotatable bonds is 4. The van der Waals surface area contributed by atoms with Gasteiger partial charge in [0.15, 0.2) is 5.82 Å². The Balaban J connectivity index is 1.94. The average Bonchev–Trinajstić information content (AvgIpc) is 3.06. The van der Waals surface area contributed by atoms with E-state index in [1.807, 2.05) is 25.1 Å². The van der Waals surface area contributed by atoms with Crippen LogP contribution in [0.25, 0.3) is 10.9 Å². The van der Waals surface area contributed by atoms with Gasteiger partial charge in [0.05, 0.1) is 5.41 Å². The van der Waals surface area contributed by atoms with Crippen LogP contribution < -0.4 is 5.73 Å². The maximum absolute atomic E-state index is 6.34. The molecule has 1 aliphatic rings. The lowest BCUT2D eigenvalue weighted by Crippen LogP contribution is -2.27. The Labute approximate surface area is 128 Å². The van der Waals surface area contributed by atoms with E-state index in [0.29, 0.717) is 11.7 Å². The quantitative estimate of drug-likeness (QED) is 0.771. The Bertz CT molecular complexity index is 830. The zero-order chi connectivity index (χ0) is 15.3. The monoisotopic (exact) mass is 296 g/mol. The van der Waals surface area contributed by atoms with Crippen molar-refractivity contribution in [2.75, 3.05) is 5.73 Å². The fraction of sp³-hybridized carbons (Fsp3) is 0.412. The van der Waals surface area contributed by atoms with Gasteiger partial charge in [0, 0.05) is 23.4 Å². The number of aromatic amines is 1. The van der Waals surface area contributed by atoms with E-state index in [9.17, 15) is 0 Å². The first-order valence-corrected chi connectivity index (χ1v) is 7.75. The molecular weight excluding hydrogens is 276 g/mol. The van der Waals surface area contributed by atoms with Gasteiger partial charge in [0.25, 0.3) is 0 Å². The van der Waals surface area contributed by atoms with Gasteiger partial charge < -0.3 is 15.2 Å². The number of hydrogen-bond donors (Lipinski definition) is 2. The third-order valence-corrected chi connectivity index (χ3v) is 4.70. The number of nitrogens with one attached hydrogen (secondary N) is 1. The van der Waals surface area contributed by atoms with E-state index in [1.54, 1.807) is 0 Å². The molecule has 2 aromatic heterocycles. The molecule has 5 nitrogen and oxygen atoms in total. The van der Waals surface area contributed by atoms with E-state index in [4.69, 9.17) is 10.3 Å². The maximum Gasteiger partial charge on any atom is 0.223 e. The summed E-state index contributed by atoms with van der Waals surface area (Å²) in [6.45, 7) is 4.01. The van der Waals surface area contributed by atoms with Crippen molar-refractivity contribution in [2.45, 2.75) is 38.5 Å². The number of benzene rings is 1. The van der Waals surface area contributed by atoms with E-state index in [2.05, 4.69) is 28.1 Å². The minimum Gasteiger partial charge on any atom is -0.385 e. The molecule has 114 valence electrons. The highest BCUT2D eigenvalue weighted by Gasteiger charge is 2.42. The van der Waals surface area contributed by atoms with Gasteiger partial charge in [-0.25, -0.2) is 0 Å². The summed E-state index contributed by atoms with van der Waals surface area (Å²) in [7, 11) is 0. The van der Waals surface area contributed by atoms with E-state index in [0.717, 1.165) is 34.6 Å². The van der Waals surface area contributed by atoms with E-state index in [1.165, 1.54) is 12.8 Å². The van der Waals surface area contributed by atoms with Crippen LogP contribution in [0.3, 0.4) is 0 Å². The van der Waals surface area contributed by atoms with Crippen LogP contribution in [0.15, 0.2) is 28.8 Å². The Kier molecular flexibility index (Phi) is 2.79. The molecule has 0 aliphatic heterocycles. The number of anilines is 1. The number of H-pyrrole nitrogens is 1. The summed E-state index contributed by atoms with van der Waals surface area (Å²) in [5, 5.41) is 5.36. The summed E-state index contributed by atoms with van der Waals surface area (Å²) < 4.78 is 5.25. The molecule has 1 saturated carbocycles. The van der Waals surface area contributed by atoms with Crippen molar-refractivity contribution in [3.05, 3.63) is 41.5 Å². The van der Waals surface area contributed by atoms with Crippen molar-refractivity contribution >= 4 is 16.7 Å². The first-order chi connectivity index (χ1) is 10.6. The smallest absolute Gasteiger partial charge is 0.223 e. The molecule has 1 fully saturated rings. The third kappa shape index (κ3) is 2.00. The summed E-state index contributed by atoms with van der Waals surface area (Å²) in [6.07, 6.45) is 3.54. The van der Waals surface area contributed by atoms with E-state index >= 15 is 0 Å². The molecule has 3 aromatic rings. The van der Waals surface area contributed by atoms with Crippen LogP contribution in [-0.4, -0.2) is 15.1 Å². The van der Waals surface area contributed by atoms with Gasteiger partial charge in [-0.05, 0) is 25.3 Å². The molecule has 1 aromatic carbocycles. The predicted octanol–water partition coefficient (Wildman–Crippen LogP) is 3.55. The molecular formula is C17H20N4O. The lowest BCUT2D eigenvalue weighted by atomic mass is 9.76. The molecule has 0 amide bonds. The fourth-order valence-electron chi connectivity index (χ4n) is 3.49. The number of para-hydroxylation sites is 1. The molecule has 1 unspecified atom stereocenters. The number of fused-ring (bicyclic) bond motifs is 1. The third-order valence-electron chi connectivity index (χ3n) is 4.70. The molecule has 5 heteroatoms. The highest BCUT2D eigenvalue weighted by molar-refractivity contribution is 5.90. The van der Waals surface area contributed by atoms with Crippen LogP contribution in [0.2, 0.25) is 0 Å². The molecule has 2 heterocycles. The lowest BCUT2D eigenvalue weighted by molar-refractivity contribution is 0.367. The van der Waals surface area contributed by atoms with E-state index < -0.39 is 0 Å². The summed E-state index contributed by atoms with van der Waals surface area (Å²) in [6, 6.07) is 8.21. The second-order valence-electron chi connectivity index (χ2n) is 6.58. The number of nitrogens with two attached hydrogens (primary N) is 1. The number of aryl methyl sites for hydroxylation is 1. The van der Waals surface area contributed by atoms with Crippen LogP contribution in [-0.2, 0) is 5.41 Å². The average molecular weight is 296 g/mol. The molecule has 0 radical (unpaired) electrons. The van der Waals surface area contributed by atoms with Gasteiger partial charge in [-0.2, -0.15) is 4.98 Å². The standard InChI is InChI=1S/C17H20N4O/c1-10-19-16(21-22-10)17(2,9-11-7-8-11)14-12-5-3-4-6-13(12)20-15(14)18/h3-6,11,20H,7-9,18H2,1-2H3. The van der Waals surface area contributed by atoms with Crippen molar-refractivity contribution in [3.63, 3.8) is 0 Å². The highest BCUT2D eigenvalue weighted by Crippen LogP contribution is 2.48. The second-order valence-corrected chi connectivity index (χ2v) is 6.58. The first-order valence-electron chi connectivity index (χ1n) is 7.75. The number of aromatic nitrogens is 3. The summed E-state index contributed by atoms with van der Waals surface area (Å²) >= 11 is 0. The minimum atomic E-state index is -0.331. The van der Waals surface area contributed by atoms with Gasteiger partial charge in [-0.1, -0.05) is 36.2 Å². The molecule has 3 N–H and O–H groups in total. The van der Waals surface area contributed by atoms with Gasteiger partial charge in [0.2, 0.25) is 5.89 Å². The van der Waals surface area contributed by atoms with Crippen molar-refractivity contribution < 1.29 is 4.52 Å². The lowest BCUT2D eigenvalue weighted by Gasteiger charge is -2.27. The molecule has 1 atom stereocenters. The largest absolute Gasteiger partial charge is 0.385 e. The van der Waals surface area contributed by atoms with Crippen LogP contribution in [0.5, 0.6) is 0 Å². The number of nitrogens with zero attached hydrogens (tertiary/aromatic N) is 2. The minimum absolute atomic E-state index is 0.331. The second kappa shape index (κ2) is 4.60. The van der Waals surface area contributed by atoms with Crippen LogP contribution in [0.1, 0.15) is 43.5 Å². The molecule has 0 saturated heterocycles. The number of nitrogen functional groups attached to an aromatic ring is 1. The fourth-order valence-corrected chi connectivity index (χ4v) is 3.49. The maximum atomic E-state index is 6.34. The van der Waals surface area contributed by atoms with Gasteiger partial charge in [-0.15, -0.1) is 0 Å². The van der Waals surface area contributed by atoms with Gasteiger partial charge in [-0.3, -0.25) is 0 Å². The molecule has 4 rings (SSSR count). The van der Waals surface area contributed by atoms with Crippen molar-refractivity contribution in [2.24, 2.45) is 5.92 Å². The Hall–Kier alpha value is -2.30. The van der Waals surface area contributed by atoms with Gasteiger partial charge in [0.1, 0.15) is 5.82 Å². The topological polar surface area (TPSA) is 80.7 Å². The molecule has 22 heavy (non-hydrogen) atoms. The van der Waals surface area contributed by atoms with Crippen molar-refractivity contribution in [1.29, 1.82) is 0 Å². The number of hydrogen-bond acceptors (Lipinski definition) is 4. The van der Waals surface area contributed by atoms with Crippen LogP contribution in [0, 0.1) is 12.8 Å². The summed E-state index contributed by atoms with van der Waals surface area (Å²) in [5.74, 6) is 2.74. The van der Waals surface area contributed by atoms with Crippen molar-refractivity contribution in [3.8, 4) is 0 Å². The molecule has 0 bridgehead atoms. The SMILES string of the molecule is Cc1nc(C(C)(CC2CC2)c2c(N)[nH]c3ccccc23)no1. The van der Waals surface area contributed by atoms with E-state index in [-0.39, 0.29) is 5.41 Å². The molecule has 1 aliphatic carbocycles.